The third-order valence-electron chi connectivity index (χ3n) is 5.14. The van der Waals surface area contributed by atoms with Gasteiger partial charge < -0.3 is 15.4 Å². The van der Waals surface area contributed by atoms with Crippen LogP contribution in [0.1, 0.15) is 24.4 Å². The van der Waals surface area contributed by atoms with Crippen LogP contribution in [0.5, 0.6) is 0 Å². The Kier molecular flexibility index (Phi) is 7.93. The molecule has 1 unspecified atom stereocenters. The van der Waals surface area contributed by atoms with Crippen LogP contribution in [-0.4, -0.2) is 43.5 Å². The average Bonchev–Trinajstić information content (AvgIpc) is 2.75. The molecule has 2 aromatic rings. The van der Waals surface area contributed by atoms with E-state index in [1.54, 1.807) is 0 Å². The number of rotatable bonds is 7. The summed E-state index contributed by atoms with van der Waals surface area (Å²) in [6, 6.07) is 6.78. The lowest BCUT2D eigenvalue weighted by molar-refractivity contribution is -0.132. The maximum atomic E-state index is 14.1. The summed E-state index contributed by atoms with van der Waals surface area (Å²) in [6.07, 6.45) is -2.06. The molecule has 2 N–H and O–H groups in total. The van der Waals surface area contributed by atoms with Gasteiger partial charge in [0, 0.05) is 40.2 Å². The number of alkyl carbamates (subject to hydrolysis) is 1. The number of nitrogens with one attached hydrogen (secondary N) is 2. The molecule has 1 atom stereocenters. The molecule has 0 saturated heterocycles. The lowest BCUT2D eigenvalue weighted by atomic mass is 9.87. The quantitative estimate of drug-likeness (QED) is 0.566. The number of halogens is 5. The number of methoxy groups -OCH3 is 1. The van der Waals surface area contributed by atoms with Crippen molar-refractivity contribution in [1.82, 2.24) is 10.6 Å². The van der Waals surface area contributed by atoms with Gasteiger partial charge in [0.1, 0.15) is 18.4 Å². The van der Waals surface area contributed by atoms with Crippen molar-refractivity contribution in [3.05, 3.63) is 63.9 Å². The van der Waals surface area contributed by atoms with Gasteiger partial charge in [-0.15, -0.1) is 0 Å². The van der Waals surface area contributed by atoms with E-state index in [9.17, 15) is 27.6 Å². The lowest BCUT2D eigenvalue weighted by Crippen LogP contribution is -2.54. The summed E-state index contributed by atoms with van der Waals surface area (Å²) >= 11 is 12.7. The number of nitrogens with zero attached hydrogens (tertiary/aromatic N) is 1. The Morgan fingerprint density at radius 3 is 2.32 bits per heavy atom. The molecule has 3 rings (SSSR count). The molecule has 0 heterocycles. The average molecular weight is 518 g/mol. The van der Waals surface area contributed by atoms with Crippen LogP contribution in [-0.2, 0) is 14.3 Å². The molecule has 7 nitrogen and oxygen atoms in total. The van der Waals surface area contributed by atoms with E-state index in [0.717, 1.165) is 24.1 Å². The molecule has 12 heteroatoms. The van der Waals surface area contributed by atoms with Crippen LogP contribution >= 0.6 is 23.2 Å². The van der Waals surface area contributed by atoms with Crippen molar-refractivity contribution in [3.63, 3.8) is 0 Å². The molecule has 1 aliphatic rings. The van der Waals surface area contributed by atoms with E-state index in [-0.39, 0.29) is 21.3 Å². The summed E-state index contributed by atoms with van der Waals surface area (Å²) in [6.45, 7) is -0.628. The molecule has 1 aliphatic carbocycles. The Hall–Kier alpha value is -2.98. The summed E-state index contributed by atoms with van der Waals surface area (Å²) in [5.41, 5.74) is -0.0446. The maximum Gasteiger partial charge on any atom is 0.407 e. The zero-order valence-corrected chi connectivity index (χ0v) is 19.3. The van der Waals surface area contributed by atoms with Crippen LogP contribution in [0, 0.1) is 5.82 Å². The van der Waals surface area contributed by atoms with Gasteiger partial charge in [0.05, 0.1) is 7.11 Å². The Morgan fingerprint density at radius 1 is 1.15 bits per heavy atom. The van der Waals surface area contributed by atoms with E-state index in [1.165, 1.54) is 30.3 Å². The van der Waals surface area contributed by atoms with Crippen molar-refractivity contribution >= 4 is 46.8 Å². The molecule has 2 aromatic carbocycles. The second-order valence-corrected chi connectivity index (χ2v) is 8.41. The minimum Gasteiger partial charge on any atom is -0.453 e. The number of anilines is 1. The Morgan fingerprint density at radius 2 is 1.76 bits per heavy atom. The molecule has 0 aliphatic heterocycles. The summed E-state index contributed by atoms with van der Waals surface area (Å²) in [4.78, 5) is 39.0. The Labute approximate surface area is 203 Å². The summed E-state index contributed by atoms with van der Waals surface area (Å²) < 4.78 is 45.2. The van der Waals surface area contributed by atoms with Crippen molar-refractivity contribution in [1.29, 1.82) is 0 Å². The van der Waals surface area contributed by atoms with Gasteiger partial charge in [-0.2, -0.15) is 0 Å². The molecule has 1 fully saturated rings. The number of carbonyl (C=O) groups is 3. The van der Waals surface area contributed by atoms with Crippen molar-refractivity contribution < 1.29 is 32.3 Å². The molecule has 34 heavy (non-hydrogen) atoms. The molecule has 0 aromatic heterocycles. The monoisotopic (exact) mass is 517 g/mol. The van der Waals surface area contributed by atoms with Gasteiger partial charge in [0.15, 0.2) is 0 Å². The van der Waals surface area contributed by atoms with E-state index in [0.29, 0.717) is 0 Å². The molecular weight excluding hydrogens is 498 g/mol. The van der Waals surface area contributed by atoms with Gasteiger partial charge >= 0.3 is 6.09 Å². The van der Waals surface area contributed by atoms with Gasteiger partial charge in [0.2, 0.25) is 11.8 Å². The van der Waals surface area contributed by atoms with Crippen LogP contribution in [0.15, 0.2) is 42.5 Å². The Balaban J connectivity index is 2.07. The first-order chi connectivity index (χ1) is 16.0. The molecule has 0 radical (unpaired) electrons. The van der Waals surface area contributed by atoms with Crippen LogP contribution in [0.2, 0.25) is 10.0 Å². The largest absolute Gasteiger partial charge is 0.453 e. The second-order valence-electron chi connectivity index (χ2n) is 7.60. The number of amides is 3. The maximum absolute atomic E-state index is 14.1. The topological polar surface area (TPSA) is 87.7 Å². The third kappa shape index (κ3) is 5.92. The number of benzene rings is 2. The SMILES string of the molecule is COC(=O)NCC(=O)N(c1cccc(F)c1)C(C(=O)NC1CC(F)(F)C1)c1c(Cl)cccc1Cl. The zero-order valence-electron chi connectivity index (χ0n) is 17.8. The van der Waals surface area contributed by atoms with Crippen molar-refractivity contribution in [3.8, 4) is 0 Å². The number of carbonyl (C=O) groups excluding carboxylic acids is 3. The van der Waals surface area contributed by atoms with Crippen LogP contribution in [0.25, 0.3) is 0 Å². The van der Waals surface area contributed by atoms with Crippen LogP contribution in [0.3, 0.4) is 0 Å². The van der Waals surface area contributed by atoms with E-state index >= 15 is 0 Å². The highest BCUT2D eigenvalue weighted by molar-refractivity contribution is 6.36. The number of ether oxygens (including phenoxy) is 1. The molecule has 0 bridgehead atoms. The first-order valence-electron chi connectivity index (χ1n) is 10.0. The van der Waals surface area contributed by atoms with Crippen molar-refractivity contribution in [2.45, 2.75) is 30.8 Å². The molecule has 182 valence electrons. The predicted octanol–water partition coefficient (Wildman–Crippen LogP) is 4.48. The van der Waals surface area contributed by atoms with E-state index in [4.69, 9.17) is 23.2 Å². The highest BCUT2D eigenvalue weighted by Crippen LogP contribution is 2.40. The second kappa shape index (κ2) is 10.5. The zero-order chi connectivity index (χ0) is 25.0. The number of hydrogen-bond acceptors (Lipinski definition) is 4. The minimum atomic E-state index is -2.90. The highest BCUT2D eigenvalue weighted by Gasteiger charge is 2.47. The predicted molar refractivity (Wildman–Crippen MR) is 120 cm³/mol. The third-order valence-corrected chi connectivity index (χ3v) is 5.80. The van der Waals surface area contributed by atoms with E-state index < -0.39 is 61.1 Å². The Bertz CT molecular complexity index is 1070. The van der Waals surface area contributed by atoms with Gasteiger partial charge in [-0.05, 0) is 30.3 Å². The number of hydrogen-bond donors (Lipinski definition) is 2. The van der Waals surface area contributed by atoms with Crippen LogP contribution in [0.4, 0.5) is 23.7 Å². The van der Waals surface area contributed by atoms with Gasteiger partial charge in [-0.3, -0.25) is 14.5 Å². The van der Waals surface area contributed by atoms with Gasteiger partial charge in [-0.25, -0.2) is 18.0 Å². The van der Waals surface area contributed by atoms with Gasteiger partial charge in [-0.1, -0.05) is 35.3 Å². The summed E-state index contributed by atoms with van der Waals surface area (Å²) in [7, 11) is 1.10. The smallest absolute Gasteiger partial charge is 0.407 e. The molecular formula is C22H20Cl2F3N3O4. The molecule has 1 saturated carbocycles. The summed E-state index contributed by atoms with van der Waals surface area (Å²) in [5.74, 6) is -5.31. The first kappa shape index (κ1) is 25.6. The van der Waals surface area contributed by atoms with Crippen LogP contribution < -0.4 is 15.5 Å². The lowest BCUT2D eigenvalue weighted by Gasteiger charge is -2.38. The fraction of sp³-hybridized carbons (Fsp3) is 0.318. The fourth-order valence-electron chi connectivity index (χ4n) is 3.56. The highest BCUT2D eigenvalue weighted by atomic mass is 35.5. The first-order valence-corrected chi connectivity index (χ1v) is 10.8. The normalized spacial score (nSPS) is 15.6. The van der Waals surface area contributed by atoms with E-state index in [2.05, 4.69) is 15.4 Å². The minimum absolute atomic E-state index is 0.00472. The standard InChI is InChI=1S/C22H20Cl2F3N3O4/c1-34-21(33)28-11-17(31)30(14-5-2-4-12(25)8-14)19(18-15(23)6-3-7-16(18)24)20(32)29-13-9-22(26,27)10-13/h2-8,13,19H,9-11H2,1H3,(H,28,33)(H,29,32). The van der Waals surface area contributed by atoms with E-state index in [1.807, 2.05) is 0 Å². The molecule has 3 amide bonds. The van der Waals surface area contributed by atoms with Crippen molar-refractivity contribution in [2.24, 2.45) is 0 Å². The molecule has 0 spiro atoms. The summed E-state index contributed by atoms with van der Waals surface area (Å²) in [5, 5.41) is 4.72. The number of alkyl halides is 2. The van der Waals surface area contributed by atoms with Gasteiger partial charge in [0.25, 0.3) is 5.92 Å². The fourth-order valence-corrected chi connectivity index (χ4v) is 4.17. The van der Waals surface area contributed by atoms with Crippen molar-refractivity contribution in [2.75, 3.05) is 18.6 Å².